The monoisotopic (exact) mass is 307 g/mol. The van der Waals surface area contributed by atoms with Crippen molar-refractivity contribution in [2.24, 2.45) is 0 Å². The maximum absolute atomic E-state index is 3.63. The van der Waals surface area contributed by atoms with Crippen LogP contribution in [0, 0.1) is 0 Å². The van der Waals surface area contributed by atoms with Crippen molar-refractivity contribution in [1.82, 2.24) is 5.32 Å². The molecular weight excluding hydrogens is 274 g/mol. The Kier molecular flexibility index (Phi) is 8.43. The fourth-order valence-corrected chi connectivity index (χ4v) is 3.25. The highest BCUT2D eigenvalue weighted by Crippen LogP contribution is 2.26. The Morgan fingerprint density at radius 1 is 1.10 bits per heavy atom. The minimum Gasteiger partial charge on any atom is -0.314 e. The van der Waals surface area contributed by atoms with Gasteiger partial charge in [0.05, 0.1) is 0 Å². The van der Waals surface area contributed by atoms with E-state index in [0.29, 0.717) is 6.04 Å². The number of benzene rings is 1. The SMILES string of the molecule is CCCNC(CC)CCCSc1ccc(C(C)(C)C)cc1. The van der Waals surface area contributed by atoms with Crippen molar-refractivity contribution in [3.05, 3.63) is 29.8 Å². The molecule has 21 heavy (non-hydrogen) atoms. The third kappa shape index (κ3) is 7.37. The van der Waals surface area contributed by atoms with Gasteiger partial charge in [-0.1, -0.05) is 46.8 Å². The van der Waals surface area contributed by atoms with Gasteiger partial charge in [0, 0.05) is 10.9 Å². The Morgan fingerprint density at radius 2 is 1.76 bits per heavy atom. The second-order valence-corrected chi connectivity index (χ2v) is 7.99. The number of nitrogens with one attached hydrogen (secondary N) is 1. The fraction of sp³-hybridized carbons (Fsp3) is 0.684. The molecule has 1 nitrogen and oxygen atoms in total. The lowest BCUT2D eigenvalue weighted by Gasteiger charge is -2.19. The van der Waals surface area contributed by atoms with Gasteiger partial charge in [-0.2, -0.15) is 0 Å². The van der Waals surface area contributed by atoms with Gasteiger partial charge in [-0.25, -0.2) is 0 Å². The Bertz CT molecular complexity index is 378. The zero-order chi connectivity index (χ0) is 15.7. The molecule has 0 aromatic heterocycles. The second kappa shape index (κ2) is 9.53. The largest absolute Gasteiger partial charge is 0.314 e. The summed E-state index contributed by atoms with van der Waals surface area (Å²) in [7, 11) is 0. The van der Waals surface area contributed by atoms with E-state index in [4.69, 9.17) is 0 Å². The Morgan fingerprint density at radius 3 is 2.29 bits per heavy atom. The van der Waals surface area contributed by atoms with E-state index in [1.165, 1.54) is 41.9 Å². The average Bonchev–Trinajstić information content (AvgIpc) is 2.46. The summed E-state index contributed by atoms with van der Waals surface area (Å²) in [6.07, 6.45) is 5.06. The number of hydrogen-bond acceptors (Lipinski definition) is 2. The summed E-state index contributed by atoms with van der Waals surface area (Å²) < 4.78 is 0. The first-order chi connectivity index (χ1) is 9.97. The molecule has 0 bridgehead atoms. The third-order valence-electron chi connectivity index (χ3n) is 3.86. The summed E-state index contributed by atoms with van der Waals surface area (Å²) >= 11 is 1.99. The normalized spacial score (nSPS) is 13.4. The van der Waals surface area contributed by atoms with Crippen LogP contribution in [0.15, 0.2) is 29.2 Å². The lowest BCUT2D eigenvalue weighted by atomic mass is 9.87. The molecule has 1 unspecified atom stereocenters. The predicted octanol–water partition coefficient (Wildman–Crippen LogP) is 5.63. The van der Waals surface area contributed by atoms with Crippen LogP contribution in [0.2, 0.25) is 0 Å². The van der Waals surface area contributed by atoms with Gasteiger partial charge in [0.2, 0.25) is 0 Å². The molecule has 0 fully saturated rings. The molecule has 0 radical (unpaired) electrons. The number of hydrogen-bond donors (Lipinski definition) is 1. The van der Waals surface area contributed by atoms with Crippen LogP contribution < -0.4 is 5.32 Å². The third-order valence-corrected chi connectivity index (χ3v) is 4.96. The number of rotatable bonds is 9. The average molecular weight is 308 g/mol. The molecule has 2 heteroatoms. The molecule has 0 aliphatic carbocycles. The first-order valence-corrected chi connectivity index (χ1v) is 9.42. The Labute approximate surface area is 136 Å². The molecule has 1 rings (SSSR count). The quantitative estimate of drug-likeness (QED) is 0.468. The van der Waals surface area contributed by atoms with Crippen LogP contribution in [-0.4, -0.2) is 18.3 Å². The van der Waals surface area contributed by atoms with Crippen LogP contribution in [0.25, 0.3) is 0 Å². The summed E-state index contributed by atoms with van der Waals surface area (Å²) in [5.41, 5.74) is 1.67. The molecule has 0 saturated heterocycles. The van der Waals surface area contributed by atoms with Gasteiger partial charge in [-0.05, 0) is 61.1 Å². The van der Waals surface area contributed by atoms with Crippen molar-refractivity contribution in [1.29, 1.82) is 0 Å². The highest BCUT2D eigenvalue weighted by atomic mass is 32.2. The maximum Gasteiger partial charge on any atom is 0.00721 e. The Balaban J connectivity index is 2.29. The first kappa shape index (κ1) is 18.6. The van der Waals surface area contributed by atoms with Crippen LogP contribution in [0.1, 0.15) is 65.9 Å². The van der Waals surface area contributed by atoms with Crippen molar-refractivity contribution >= 4 is 11.8 Å². The molecule has 0 amide bonds. The van der Waals surface area contributed by atoms with Crippen molar-refractivity contribution in [2.75, 3.05) is 12.3 Å². The van der Waals surface area contributed by atoms with Crippen LogP contribution in [0.4, 0.5) is 0 Å². The van der Waals surface area contributed by atoms with Crippen LogP contribution in [-0.2, 0) is 5.41 Å². The molecule has 120 valence electrons. The van der Waals surface area contributed by atoms with E-state index in [-0.39, 0.29) is 5.41 Å². The molecule has 1 aromatic rings. The fourth-order valence-electron chi connectivity index (χ4n) is 2.37. The van der Waals surface area contributed by atoms with E-state index in [9.17, 15) is 0 Å². The summed E-state index contributed by atoms with van der Waals surface area (Å²) in [4.78, 5) is 1.40. The molecular formula is C19H33NS. The topological polar surface area (TPSA) is 12.0 Å². The van der Waals surface area contributed by atoms with E-state index >= 15 is 0 Å². The van der Waals surface area contributed by atoms with Gasteiger partial charge >= 0.3 is 0 Å². The maximum atomic E-state index is 3.63. The van der Waals surface area contributed by atoms with Crippen LogP contribution in [0.3, 0.4) is 0 Å². The van der Waals surface area contributed by atoms with Gasteiger partial charge in [0.25, 0.3) is 0 Å². The second-order valence-electron chi connectivity index (χ2n) is 6.82. The van der Waals surface area contributed by atoms with E-state index in [2.05, 4.69) is 64.2 Å². The van der Waals surface area contributed by atoms with Crippen molar-refractivity contribution in [2.45, 2.75) is 76.7 Å². The van der Waals surface area contributed by atoms with E-state index in [0.717, 1.165) is 6.54 Å². The zero-order valence-corrected chi connectivity index (χ0v) is 15.4. The molecule has 1 atom stereocenters. The van der Waals surface area contributed by atoms with Crippen LogP contribution >= 0.6 is 11.8 Å². The van der Waals surface area contributed by atoms with Crippen molar-refractivity contribution in [3.8, 4) is 0 Å². The van der Waals surface area contributed by atoms with E-state index < -0.39 is 0 Å². The molecule has 0 saturated carbocycles. The molecule has 0 heterocycles. The van der Waals surface area contributed by atoms with Crippen molar-refractivity contribution < 1.29 is 0 Å². The summed E-state index contributed by atoms with van der Waals surface area (Å²) in [6.45, 7) is 12.5. The summed E-state index contributed by atoms with van der Waals surface area (Å²) in [5, 5.41) is 3.63. The van der Waals surface area contributed by atoms with Gasteiger partial charge in [-0.3, -0.25) is 0 Å². The molecule has 1 aromatic carbocycles. The molecule has 0 aliphatic rings. The van der Waals surface area contributed by atoms with E-state index in [1.807, 2.05) is 11.8 Å². The highest BCUT2D eigenvalue weighted by Gasteiger charge is 2.12. The summed E-state index contributed by atoms with van der Waals surface area (Å²) in [6, 6.07) is 9.81. The molecule has 1 N–H and O–H groups in total. The van der Waals surface area contributed by atoms with Crippen LogP contribution in [0.5, 0.6) is 0 Å². The lowest BCUT2D eigenvalue weighted by Crippen LogP contribution is -2.29. The van der Waals surface area contributed by atoms with E-state index in [1.54, 1.807) is 0 Å². The highest BCUT2D eigenvalue weighted by molar-refractivity contribution is 7.99. The minimum atomic E-state index is 0.252. The zero-order valence-electron chi connectivity index (χ0n) is 14.5. The minimum absolute atomic E-state index is 0.252. The summed E-state index contributed by atoms with van der Waals surface area (Å²) in [5.74, 6) is 1.22. The van der Waals surface area contributed by atoms with Gasteiger partial charge in [0.1, 0.15) is 0 Å². The van der Waals surface area contributed by atoms with Gasteiger partial charge in [0.15, 0.2) is 0 Å². The first-order valence-electron chi connectivity index (χ1n) is 8.44. The van der Waals surface area contributed by atoms with Gasteiger partial charge in [-0.15, -0.1) is 11.8 Å². The Hall–Kier alpha value is -0.470. The standard InChI is InChI=1S/C19H33NS/c1-6-14-20-17(7-2)9-8-15-21-18-12-10-16(11-13-18)19(3,4)5/h10-13,17,20H,6-9,14-15H2,1-5H3. The molecule has 0 aliphatic heterocycles. The smallest absolute Gasteiger partial charge is 0.00721 e. The predicted molar refractivity (Wildman–Crippen MR) is 97.5 cm³/mol. The lowest BCUT2D eigenvalue weighted by molar-refractivity contribution is 0.465. The number of thioether (sulfide) groups is 1. The van der Waals surface area contributed by atoms with Crippen molar-refractivity contribution in [3.63, 3.8) is 0 Å². The molecule has 0 spiro atoms. The van der Waals surface area contributed by atoms with Gasteiger partial charge < -0.3 is 5.32 Å².